The maximum Gasteiger partial charge on any atom is 0.253 e. The second kappa shape index (κ2) is 7.62. The first-order chi connectivity index (χ1) is 13.9. The molecule has 2 aromatic rings. The molecule has 1 aromatic carbocycles. The Kier molecular flexibility index (Phi) is 5.15. The van der Waals surface area contributed by atoms with Crippen LogP contribution >= 0.6 is 0 Å². The van der Waals surface area contributed by atoms with Crippen LogP contribution in [0.25, 0.3) is 0 Å². The lowest BCUT2D eigenvalue weighted by molar-refractivity contribution is -0.123. The van der Waals surface area contributed by atoms with E-state index < -0.39 is 0 Å². The largest absolute Gasteiger partial charge is 0.350 e. The molecule has 2 heterocycles. The van der Waals surface area contributed by atoms with E-state index in [-0.39, 0.29) is 23.1 Å². The Balaban J connectivity index is 1.30. The number of rotatable bonds is 4. The highest BCUT2D eigenvalue weighted by atomic mass is 16.2. The fraction of sp³-hybridized carbons (Fsp3) is 0.458. The van der Waals surface area contributed by atoms with Crippen LogP contribution in [0.5, 0.6) is 0 Å². The summed E-state index contributed by atoms with van der Waals surface area (Å²) >= 11 is 0. The van der Waals surface area contributed by atoms with Crippen LogP contribution < -0.4 is 5.32 Å². The van der Waals surface area contributed by atoms with Crippen molar-refractivity contribution in [2.45, 2.75) is 46.6 Å². The molecule has 5 nitrogen and oxygen atoms in total. The van der Waals surface area contributed by atoms with Gasteiger partial charge in [-0.1, -0.05) is 23.3 Å². The molecule has 4 rings (SSSR count). The quantitative estimate of drug-likeness (QED) is 0.867. The zero-order chi connectivity index (χ0) is 20.6. The molecule has 152 valence electrons. The molecular formula is C24H29N3O2. The van der Waals surface area contributed by atoms with Gasteiger partial charge in [-0.05, 0) is 69.7 Å². The molecule has 2 amide bonds. The van der Waals surface area contributed by atoms with Crippen LogP contribution in [-0.2, 0) is 11.3 Å². The van der Waals surface area contributed by atoms with E-state index in [0.717, 1.165) is 60.4 Å². The number of benzene rings is 1. The van der Waals surface area contributed by atoms with E-state index >= 15 is 0 Å². The Morgan fingerprint density at radius 2 is 1.79 bits per heavy atom. The average molecular weight is 392 g/mol. The maximum absolute atomic E-state index is 12.9. The SMILES string of the molecule is Cc1cc(C)cc(C(=O)N2CCC3(CC2)C[C@@H]3C(=O)NCc2cccc(C)n2)c1. The predicted octanol–water partition coefficient (Wildman–Crippen LogP) is 3.57. The first-order valence-electron chi connectivity index (χ1n) is 10.4. The average Bonchev–Trinajstić information content (AvgIpc) is 3.39. The van der Waals surface area contributed by atoms with Gasteiger partial charge in [-0.25, -0.2) is 0 Å². The number of hydrogen-bond acceptors (Lipinski definition) is 3. The lowest BCUT2D eigenvalue weighted by Gasteiger charge is -2.33. The predicted molar refractivity (Wildman–Crippen MR) is 112 cm³/mol. The van der Waals surface area contributed by atoms with Gasteiger partial charge in [-0.15, -0.1) is 0 Å². The van der Waals surface area contributed by atoms with E-state index in [1.54, 1.807) is 0 Å². The molecule has 1 aliphatic heterocycles. The first kappa shape index (κ1) is 19.6. The van der Waals surface area contributed by atoms with Gasteiger partial charge in [0.15, 0.2) is 0 Å². The Hall–Kier alpha value is -2.69. The van der Waals surface area contributed by atoms with Crippen molar-refractivity contribution in [1.29, 1.82) is 0 Å². The van der Waals surface area contributed by atoms with Crippen molar-refractivity contribution in [1.82, 2.24) is 15.2 Å². The molecule has 1 N–H and O–H groups in total. The Morgan fingerprint density at radius 3 is 2.45 bits per heavy atom. The second-order valence-corrected chi connectivity index (χ2v) is 8.78. The number of hydrogen-bond donors (Lipinski definition) is 1. The number of pyridine rings is 1. The zero-order valence-electron chi connectivity index (χ0n) is 17.5. The third-order valence-corrected chi connectivity index (χ3v) is 6.41. The molecule has 5 heteroatoms. The Bertz CT molecular complexity index is 925. The van der Waals surface area contributed by atoms with Crippen molar-refractivity contribution in [3.63, 3.8) is 0 Å². The van der Waals surface area contributed by atoms with Crippen molar-refractivity contribution < 1.29 is 9.59 Å². The van der Waals surface area contributed by atoms with Gasteiger partial charge in [0.25, 0.3) is 5.91 Å². The normalized spacial score (nSPS) is 19.8. The second-order valence-electron chi connectivity index (χ2n) is 8.78. The summed E-state index contributed by atoms with van der Waals surface area (Å²) in [6.45, 7) is 7.94. The fourth-order valence-electron chi connectivity index (χ4n) is 4.71. The molecule has 2 aliphatic rings. The molecule has 2 fully saturated rings. The number of aryl methyl sites for hydroxylation is 3. The number of piperidine rings is 1. The number of aromatic nitrogens is 1. The van der Waals surface area contributed by atoms with Crippen LogP contribution in [0.2, 0.25) is 0 Å². The maximum atomic E-state index is 12.9. The van der Waals surface area contributed by atoms with E-state index in [2.05, 4.69) is 16.4 Å². The highest BCUT2D eigenvalue weighted by molar-refractivity contribution is 5.94. The summed E-state index contributed by atoms with van der Waals surface area (Å²) < 4.78 is 0. The first-order valence-corrected chi connectivity index (χ1v) is 10.4. The minimum absolute atomic E-state index is 0.0748. The summed E-state index contributed by atoms with van der Waals surface area (Å²) in [5.41, 5.74) is 4.94. The third kappa shape index (κ3) is 4.19. The van der Waals surface area contributed by atoms with Gasteiger partial charge in [-0.3, -0.25) is 14.6 Å². The standard InChI is InChI=1S/C24H29N3O2/c1-16-11-17(2)13-19(12-16)23(29)27-9-7-24(8-10-27)14-21(24)22(28)25-15-20-6-4-5-18(3)26-20/h4-6,11-13,21H,7-10,14-15H2,1-3H3,(H,25,28)/t21-/m1/s1. The zero-order valence-corrected chi connectivity index (χ0v) is 17.5. The molecular weight excluding hydrogens is 362 g/mol. The van der Waals surface area contributed by atoms with E-state index in [9.17, 15) is 9.59 Å². The van der Waals surface area contributed by atoms with Gasteiger partial charge in [0, 0.05) is 30.3 Å². The molecule has 29 heavy (non-hydrogen) atoms. The minimum atomic E-state index is 0.0748. The number of carbonyl (C=O) groups is 2. The molecule has 0 radical (unpaired) electrons. The Labute approximate surface area is 172 Å². The van der Waals surface area contributed by atoms with Crippen LogP contribution in [0.1, 0.15) is 52.1 Å². The molecule has 1 saturated heterocycles. The molecule has 0 unspecified atom stereocenters. The van der Waals surface area contributed by atoms with Gasteiger partial charge in [0.2, 0.25) is 5.91 Å². The van der Waals surface area contributed by atoms with Crippen LogP contribution in [0, 0.1) is 32.1 Å². The summed E-state index contributed by atoms with van der Waals surface area (Å²) in [5.74, 6) is 0.312. The van der Waals surface area contributed by atoms with Gasteiger partial charge in [-0.2, -0.15) is 0 Å². The summed E-state index contributed by atoms with van der Waals surface area (Å²) in [6.07, 6.45) is 2.75. The van der Waals surface area contributed by atoms with Gasteiger partial charge >= 0.3 is 0 Å². The van der Waals surface area contributed by atoms with E-state index in [0.29, 0.717) is 6.54 Å². The van der Waals surface area contributed by atoms with Crippen molar-refractivity contribution in [2.75, 3.05) is 13.1 Å². The van der Waals surface area contributed by atoms with Crippen LogP contribution in [-0.4, -0.2) is 34.8 Å². The lowest BCUT2D eigenvalue weighted by atomic mass is 9.90. The fourth-order valence-corrected chi connectivity index (χ4v) is 4.71. The molecule has 1 atom stereocenters. The summed E-state index contributed by atoms with van der Waals surface area (Å²) in [4.78, 5) is 31.9. The van der Waals surface area contributed by atoms with Gasteiger partial charge in [0.05, 0.1) is 12.2 Å². The van der Waals surface area contributed by atoms with Crippen molar-refractivity contribution in [2.24, 2.45) is 11.3 Å². The molecule has 1 aliphatic carbocycles. The molecule has 1 saturated carbocycles. The van der Waals surface area contributed by atoms with E-state index in [1.807, 2.05) is 56.0 Å². The molecule has 0 bridgehead atoms. The topological polar surface area (TPSA) is 62.3 Å². The minimum Gasteiger partial charge on any atom is -0.350 e. The number of nitrogens with zero attached hydrogens (tertiary/aromatic N) is 2. The van der Waals surface area contributed by atoms with Crippen LogP contribution in [0.4, 0.5) is 0 Å². The highest BCUT2D eigenvalue weighted by Gasteiger charge is 2.58. The lowest BCUT2D eigenvalue weighted by Crippen LogP contribution is -2.40. The highest BCUT2D eigenvalue weighted by Crippen LogP contribution is 2.59. The number of amides is 2. The Morgan fingerprint density at radius 1 is 1.10 bits per heavy atom. The number of likely N-dealkylation sites (tertiary alicyclic amines) is 1. The van der Waals surface area contributed by atoms with Gasteiger partial charge in [0.1, 0.15) is 0 Å². The van der Waals surface area contributed by atoms with Crippen molar-refractivity contribution >= 4 is 11.8 Å². The molecule has 1 spiro atoms. The number of carbonyl (C=O) groups excluding carboxylic acids is 2. The molecule has 1 aromatic heterocycles. The van der Waals surface area contributed by atoms with Crippen molar-refractivity contribution in [3.8, 4) is 0 Å². The number of nitrogens with one attached hydrogen (secondary N) is 1. The summed E-state index contributed by atoms with van der Waals surface area (Å²) in [5, 5.41) is 3.05. The van der Waals surface area contributed by atoms with Crippen LogP contribution in [0.3, 0.4) is 0 Å². The summed E-state index contributed by atoms with van der Waals surface area (Å²) in [6, 6.07) is 11.9. The van der Waals surface area contributed by atoms with E-state index in [4.69, 9.17) is 0 Å². The van der Waals surface area contributed by atoms with Crippen molar-refractivity contribution in [3.05, 3.63) is 64.5 Å². The smallest absolute Gasteiger partial charge is 0.253 e. The van der Waals surface area contributed by atoms with Crippen LogP contribution in [0.15, 0.2) is 36.4 Å². The third-order valence-electron chi connectivity index (χ3n) is 6.41. The van der Waals surface area contributed by atoms with Gasteiger partial charge < -0.3 is 10.2 Å². The monoisotopic (exact) mass is 391 g/mol. The summed E-state index contributed by atoms with van der Waals surface area (Å²) in [7, 11) is 0. The van der Waals surface area contributed by atoms with E-state index in [1.165, 1.54) is 0 Å².